The van der Waals surface area contributed by atoms with Gasteiger partial charge in [-0.1, -0.05) is 0 Å². The van der Waals surface area contributed by atoms with Gasteiger partial charge in [-0.3, -0.25) is 9.59 Å². The molecule has 0 unspecified atom stereocenters. The number of Topliss-reactive ketones (excluding diaryl/α,β-unsaturated/α-hetero) is 1. The predicted octanol–water partition coefficient (Wildman–Crippen LogP) is 1.78. The summed E-state index contributed by atoms with van der Waals surface area (Å²) in [6, 6.07) is 0. The first-order chi connectivity index (χ1) is 9.47. The number of aryl methyl sites for hydroxylation is 3. The second-order valence-corrected chi connectivity index (χ2v) is 5.45. The number of rotatable bonds is 3. The van der Waals surface area contributed by atoms with E-state index in [2.05, 4.69) is 15.3 Å². The van der Waals surface area contributed by atoms with Gasteiger partial charge in [0.05, 0.1) is 0 Å². The molecule has 0 spiro atoms. The van der Waals surface area contributed by atoms with Crippen molar-refractivity contribution in [2.24, 2.45) is 5.92 Å². The Kier molecular flexibility index (Phi) is 4.47. The monoisotopic (exact) mass is 275 g/mol. The van der Waals surface area contributed by atoms with Crippen LogP contribution in [0.5, 0.6) is 0 Å². The van der Waals surface area contributed by atoms with Gasteiger partial charge < -0.3 is 5.32 Å². The third kappa shape index (κ3) is 3.40. The zero-order valence-electron chi connectivity index (χ0n) is 12.3. The summed E-state index contributed by atoms with van der Waals surface area (Å²) >= 11 is 0. The fourth-order valence-corrected chi connectivity index (χ4v) is 2.68. The Balaban J connectivity index is 1.95. The Morgan fingerprint density at radius 1 is 1.15 bits per heavy atom. The highest BCUT2D eigenvalue weighted by Crippen LogP contribution is 2.21. The lowest BCUT2D eigenvalue weighted by molar-refractivity contribution is -0.128. The minimum Gasteiger partial charge on any atom is -0.352 e. The van der Waals surface area contributed by atoms with E-state index in [9.17, 15) is 9.59 Å². The summed E-state index contributed by atoms with van der Waals surface area (Å²) in [4.78, 5) is 31.9. The summed E-state index contributed by atoms with van der Waals surface area (Å²) in [5, 5.41) is 2.95. The van der Waals surface area contributed by atoms with Crippen molar-refractivity contribution in [1.29, 1.82) is 0 Å². The molecular weight excluding hydrogens is 254 g/mol. The molecule has 1 saturated carbocycles. The van der Waals surface area contributed by atoms with Crippen LogP contribution >= 0.6 is 0 Å². The molecule has 1 aromatic rings. The minimum atomic E-state index is -0.0281. The molecule has 1 aromatic heterocycles. The van der Waals surface area contributed by atoms with Gasteiger partial charge in [0.2, 0.25) is 5.91 Å². The number of carbonyl (C=O) groups excluding carboxylic acids is 2. The van der Waals surface area contributed by atoms with E-state index in [1.807, 2.05) is 20.8 Å². The third-order valence-corrected chi connectivity index (χ3v) is 3.89. The molecule has 1 aliphatic rings. The maximum absolute atomic E-state index is 12.1. The maximum Gasteiger partial charge on any atom is 0.223 e. The molecule has 108 valence electrons. The quantitative estimate of drug-likeness (QED) is 0.912. The summed E-state index contributed by atoms with van der Waals surface area (Å²) in [6.45, 7) is 6.19. The minimum absolute atomic E-state index is 0.0281. The lowest BCUT2D eigenvalue weighted by Crippen LogP contribution is -2.33. The number of hydrogen-bond acceptors (Lipinski definition) is 4. The Morgan fingerprint density at radius 3 is 2.25 bits per heavy atom. The van der Waals surface area contributed by atoms with Gasteiger partial charge in [0.25, 0.3) is 0 Å². The van der Waals surface area contributed by atoms with Crippen molar-refractivity contribution in [2.75, 3.05) is 0 Å². The van der Waals surface area contributed by atoms with E-state index < -0.39 is 0 Å². The molecule has 1 aliphatic carbocycles. The SMILES string of the molecule is Cc1nc(C)c(CNC(=O)C2CCC(=O)CC2)c(C)n1. The van der Waals surface area contributed by atoms with Gasteiger partial charge in [-0.2, -0.15) is 0 Å². The molecule has 20 heavy (non-hydrogen) atoms. The molecule has 0 atom stereocenters. The van der Waals surface area contributed by atoms with Crippen LogP contribution in [0, 0.1) is 26.7 Å². The summed E-state index contributed by atoms with van der Waals surface area (Å²) in [6.07, 6.45) is 2.41. The number of hydrogen-bond donors (Lipinski definition) is 1. The molecule has 0 radical (unpaired) electrons. The second-order valence-electron chi connectivity index (χ2n) is 5.45. The first-order valence-corrected chi connectivity index (χ1v) is 7.07. The highest BCUT2D eigenvalue weighted by molar-refractivity contribution is 5.84. The van der Waals surface area contributed by atoms with Crippen molar-refractivity contribution >= 4 is 11.7 Å². The van der Waals surface area contributed by atoms with E-state index in [0.29, 0.717) is 32.2 Å². The predicted molar refractivity (Wildman–Crippen MR) is 75.1 cm³/mol. The normalized spacial score (nSPS) is 16.2. The van der Waals surface area contributed by atoms with Crippen molar-refractivity contribution in [3.63, 3.8) is 0 Å². The highest BCUT2D eigenvalue weighted by atomic mass is 16.2. The van der Waals surface area contributed by atoms with Crippen molar-refractivity contribution in [3.05, 3.63) is 22.8 Å². The van der Waals surface area contributed by atoms with Crippen LogP contribution in [0.3, 0.4) is 0 Å². The van der Waals surface area contributed by atoms with E-state index in [0.717, 1.165) is 22.8 Å². The molecule has 5 nitrogen and oxygen atoms in total. The van der Waals surface area contributed by atoms with E-state index in [1.165, 1.54) is 0 Å². The third-order valence-electron chi connectivity index (χ3n) is 3.89. The lowest BCUT2D eigenvalue weighted by Gasteiger charge is -2.20. The van der Waals surface area contributed by atoms with Crippen LogP contribution in [0.1, 0.15) is 48.5 Å². The number of amides is 1. The van der Waals surface area contributed by atoms with Gasteiger partial charge in [0, 0.05) is 42.3 Å². The zero-order chi connectivity index (χ0) is 14.7. The van der Waals surface area contributed by atoms with Crippen LogP contribution in [0.4, 0.5) is 0 Å². The number of carbonyl (C=O) groups is 2. The average molecular weight is 275 g/mol. The van der Waals surface area contributed by atoms with Crippen LogP contribution in [0.25, 0.3) is 0 Å². The summed E-state index contributed by atoms with van der Waals surface area (Å²) in [5.74, 6) is 1.03. The summed E-state index contributed by atoms with van der Waals surface area (Å²) in [7, 11) is 0. The molecule has 0 saturated heterocycles. The van der Waals surface area contributed by atoms with E-state index in [4.69, 9.17) is 0 Å². The number of nitrogens with zero attached hydrogens (tertiary/aromatic N) is 2. The maximum atomic E-state index is 12.1. The van der Waals surface area contributed by atoms with E-state index >= 15 is 0 Å². The summed E-state index contributed by atoms with van der Waals surface area (Å²) in [5.41, 5.74) is 2.80. The molecule has 5 heteroatoms. The van der Waals surface area contributed by atoms with Gasteiger partial charge in [-0.15, -0.1) is 0 Å². The van der Waals surface area contributed by atoms with Crippen LogP contribution in [-0.2, 0) is 16.1 Å². The van der Waals surface area contributed by atoms with Crippen LogP contribution in [0.15, 0.2) is 0 Å². The van der Waals surface area contributed by atoms with Gasteiger partial charge in [-0.05, 0) is 33.6 Å². The first kappa shape index (κ1) is 14.6. The van der Waals surface area contributed by atoms with Gasteiger partial charge >= 0.3 is 0 Å². The topological polar surface area (TPSA) is 72.0 Å². The van der Waals surface area contributed by atoms with Crippen molar-refractivity contribution in [1.82, 2.24) is 15.3 Å². The first-order valence-electron chi connectivity index (χ1n) is 7.07. The second kappa shape index (κ2) is 6.11. The molecule has 1 fully saturated rings. The van der Waals surface area contributed by atoms with Gasteiger partial charge in [-0.25, -0.2) is 9.97 Å². The molecule has 0 aromatic carbocycles. The Morgan fingerprint density at radius 2 is 1.70 bits per heavy atom. The van der Waals surface area contributed by atoms with Crippen LogP contribution in [-0.4, -0.2) is 21.7 Å². The smallest absolute Gasteiger partial charge is 0.223 e. The number of ketones is 1. The summed E-state index contributed by atoms with van der Waals surface area (Å²) < 4.78 is 0. The van der Waals surface area contributed by atoms with E-state index in [-0.39, 0.29) is 17.6 Å². The fraction of sp³-hybridized carbons (Fsp3) is 0.600. The molecule has 1 N–H and O–H groups in total. The van der Waals surface area contributed by atoms with Crippen molar-refractivity contribution in [2.45, 2.75) is 53.0 Å². The van der Waals surface area contributed by atoms with Gasteiger partial charge in [0.1, 0.15) is 11.6 Å². The Hall–Kier alpha value is -1.78. The molecule has 0 bridgehead atoms. The molecule has 2 rings (SSSR count). The van der Waals surface area contributed by atoms with Crippen LogP contribution in [0.2, 0.25) is 0 Å². The number of aromatic nitrogens is 2. The number of nitrogens with one attached hydrogen (secondary N) is 1. The molecule has 0 aliphatic heterocycles. The van der Waals surface area contributed by atoms with Crippen molar-refractivity contribution in [3.8, 4) is 0 Å². The van der Waals surface area contributed by atoms with Crippen LogP contribution < -0.4 is 5.32 Å². The molecule has 1 heterocycles. The molecule has 1 amide bonds. The molecular formula is C15H21N3O2. The Labute approximate surface area is 119 Å². The standard InChI is InChI=1S/C15H21N3O2/c1-9-14(10(2)18-11(3)17-9)8-16-15(20)12-4-6-13(19)7-5-12/h12H,4-8H2,1-3H3,(H,16,20). The zero-order valence-corrected chi connectivity index (χ0v) is 12.3. The largest absolute Gasteiger partial charge is 0.352 e. The van der Waals surface area contributed by atoms with Crippen molar-refractivity contribution < 1.29 is 9.59 Å². The van der Waals surface area contributed by atoms with E-state index in [1.54, 1.807) is 0 Å². The van der Waals surface area contributed by atoms with Gasteiger partial charge in [0.15, 0.2) is 0 Å². The lowest BCUT2D eigenvalue weighted by atomic mass is 9.88. The average Bonchev–Trinajstić information content (AvgIpc) is 2.38. The Bertz CT molecular complexity index is 507. The highest BCUT2D eigenvalue weighted by Gasteiger charge is 2.24. The fourth-order valence-electron chi connectivity index (χ4n) is 2.68.